The minimum absolute atomic E-state index is 0.318. The summed E-state index contributed by atoms with van der Waals surface area (Å²) < 4.78 is 1.83. The highest BCUT2D eigenvalue weighted by Gasteiger charge is 2.10. The summed E-state index contributed by atoms with van der Waals surface area (Å²) in [7, 11) is 0. The molecule has 0 aliphatic carbocycles. The molecule has 0 amide bonds. The van der Waals surface area contributed by atoms with Crippen molar-refractivity contribution >= 4 is 5.95 Å². The van der Waals surface area contributed by atoms with E-state index < -0.39 is 0 Å². The zero-order valence-corrected chi connectivity index (χ0v) is 5.65. The van der Waals surface area contributed by atoms with Crippen molar-refractivity contribution in [2.75, 3.05) is 5.32 Å². The van der Waals surface area contributed by atoms with Crippen LogP contribution in [0.3, 0.4) is 0 Å². The Kier molecular flexibility index (Phi) is 1.00. The van der Waals surface area contributed by atoms with Gasteiger partial charge in [-0.15, -0.1) is 0 Å². The van der Waals surface area contributed by atoms with Crippen LogP contribution in [0.5, 0.6) is 0 Å². The van der Waals surface area contributed by atoms with Crippen molar-refractivity contribution in [3.63, 3.8) is 0 Å². The molecule has 1 N–H and O–H groups in total. The first-order chi connectivity index (χ1) is 4.88. The molecule has 1 atom stereocenters. The summed E-state index contributed by atoms with van der Waals surface area (Å²) in [6.45, 7) is 2.06. The lowest BCUT2D eigenvalue weighted by atomic mass is 10.3. The van der Waals surface area contributed by atoms with E-state index in [1.165, 1.54) is 0 Å². The third-order valence-electron chi connectivity index (χ3n) is 1.55. The number of fused-ring (bicyclic) bond motifs is 1. The van der Waals surface area contributed by atoms with Crippen molar-refractivity contribution in [3.8, 4) is 0 Å². The summed E-state index contributed by atoms with van der Waals surface area (Å²) in [5.41, 5.74) is 0. The molecular formula is C6H8N4. The number of nitrogens with one attached hydrogen (secondary N) is 1. The fraction of sp³-hybridized carbons (Fsp3) is 0.333. The monoisotopic (exact) mass is 136 g/mol. The van der Waals surface area contributed by atoms with Gasteiger partial charge < -0.3 is 5.32 Å². The summed E-state index contributed by atoms with van der Waals surface area (Å²) in [4.78, 5) is 4.00. The maximum Gasteiger partial charge on any atom is 0.225 e. The highest BCUT2D eigenvalue weighted by atomic mass is 15.4. The second-order valence-corrected chi connectivity index (χ2v) is 2.27. The molecule has 10 heavy (non-hydrogen) atoms. The van der Waals surface area contributed by atoms with Crippen LogP contribution < -0.4 is 5.32 Å². The summed E-state index contributed by atoms with van der Waals surface area (Å²) in [6.07, 6.45) is 5.46. The lowest BCUT2D eigenvalue weighted by Gasteiger charge is -2.14. The molecule has 0 fully saturated rings. The largest absolute Gasteiger partial charge is 0.331 e. The minimum Gasteiger partial charge on any atom is -0.331 e. The normalized spacial score (nSPS) is 21.9. The Labute approximate surface area is 58.6 Å². The first-order valence-corrected chi connectivity index (χ1v) is 3.20. The fourth-order valence-electron chi connectivity index (χ4n) is 0.995. The molecule has 0 saturated carbocycles. The summed E-state index contributed by atoms with van der Waals surface area (Å²) in [5.74, 6) is 0.815. The molecule has 1 aromatic heterocycles. The number of anilines is 1. The SMILES string of the molecule is CC1C=CNc2ncnn21. The number of nitrogens with zero attached hydrogens (tertiary/aromatic N) is 3. The predicted molar refractivity (Wildman–Crippen MR) is 37.5 cm³/mol. The Balaban J connectivity index is 2.48. The van der Waals surface area contributed by atoms with Crippen LogP contribution in [-0.2, 0) is 0 Å². The Hall–Kier alpha value is -1.32. The van der Waals surface area contributed by atoms with E-state index >= 15 is 0 Å². The van der Waals surface area contributed by atoms with E-state index in [9.17, 15) is 0 Å². The molecule has 1 aliphatic heterocycles. The molecule has 0 spiro atoms. The van der Waals surface area contributed by atoms with Crippen molar-refractivity contribution in [2.45, 2.75) is 13.0 Å². The molecule has 1 aromatic rings. The van der Waals surface area contributed by atoms with Gasteiger partial charge in [0, 0.05) is 6.20 Å². The van der Waals surface area contributed by atoms with Crippen LogP contribution in [0, 0.1) is 0 Å². The molecule has 1 aliphatic rings. The molecular weight excluding hydrogens is 128 g/mol. The average molecular weight is 136 g/mol. The smallest absolute Gasteiger partial charge is 0.225 e. The maximum absolute atomic E-state index is 4.03. The van der Waals surface area contributed by atoms with E-state index in [2.05, 4.69) is 22.3 Å². The zero-order chi connectivity index (χ0) is 6.97. The molecule has 2 heterocycles. The van der Waals surface area contributed by atoms with Gasteiger partial charge in [-0.1, -0.05) is 0 Å². The van der Waals surface area contributed by atoms with Gasteiger partial charge in [-0.25, -0.2) is 4.68 Å². The number of hydrogen-bond acceptors (Lipinski definition) is 3. The van der Waals surface area contributed by atoms with Crippen molar-refractivity contribution < 1.29 is 0 Å². The fourth-order valence-corrected chi connectivity index (χ4v) is 0.995. The number of aromatic nitrogens is 3. The van der Waals surface area contributed by atoms with Gasteiger partial charge in [-0.3, -0.25) is 0 Å². The second-order valence-electron chi connectivity index (χ2n) is 2.27. The lowest BCUT2D eigenvalue weighted by Crippen LogP contribution is -2.12. The van der Waals surface area contributed by atoms with Crippen LogP contribution in [0.1, 0.15) is 13.0 Å². The molecule has 1 unspecified atom stereocenters. The van der Waals surface area contributed by atoms with Gasteiger partial charge in [0.15, 0.2) is 0 Å². The number of hydrogen-bond donors (Lipinski definition) is 1. The van der Waals surface area contributed by atoms with Crippen molar-refractivity contribution in [1.82, 2.24) is 14.8 Å². The van der Waals surface area contributed by atoms with Gasteiger partial charge in [-0.05, 0) is 13.0 Å². The highest BCUT2D eigenvalue weighted by molar-refractivity contribution is 5.32. The maximum atomic E-state index is 4.03. The van der Waals surface area contributed by atoms with Crippen LogP contribution in [0.15, 0.2) is 18.6 Å². The van der Waals surface area contributed by atoms with E-state index in [0.717, 1.165) is 5.95 Å². The van der Waals surface area contributed by atoms with Gasteiger partial charge in [0.2, 0.25) is 5.95 Å². The number of rotatable bonds is 0. The quantitative estimate of drug-likeness (QED) is 0.573. The second kappa shape index (κ2) is 1.83. The van der Waals surface area contributed by atoms with E-state index in [0.29, 0.717) is 6.04 Å². The van der Waals surface area contributed by atoms with Gasteiger partial charge in [0.1, 0.15) is 6.33 Å². The molecule has 0 radical (unpaired) electrons. The zero-order valence-electron chi connectivity index (χ0n) is 5.65. The Morgan fingerprint density at radius 1 is 1.70 bits per heavy atom. The van der Waals surface area contributed by atoms with Crippen LogP contribution in [-0.4, -0.2) is 14.8 Å². The topological polar surface area (TPSA) is 42.7 Å². The highest BCUT2D eigenvalue weighted by Crippen LogP contribution is 2.15. The molecule has 0 saturated heterocycles. The molecule has 2 rings (SSSR count). The lowest BCUT2D eigenvalue weighted by molar-refractivity contribution is 0.578. The first kappa shape index (κ1) is 5.46. The van der Waals surface area contributed by atoms with Crippen LogP contribution >= 0.6 is 0 Å². The minimum atomic E-state index is 0.318. The van der Waals surface area contributed by atoms with Gasteiger partial charge in [0.05, 0.1) is 6.04 Å². The Morgan fingerprint density at radius 2 is 2.60 bits per heavy atom. The third-order valence-corrected chi connectivity index (χ3v) is 1.55. The Morgan fingerprint density at radius 3 is 3.40 bits per heavy atom. The summed E-state index contributed by atoms with van der Waals surface area (Å²) >= 11 is 0. The van der Waals surface area contributed by atoms with Gasteiger partial charge in [-0.2, -0.15) is 10.1 Å². The van der Waals surface area contributed by atoms with Gasteiger partial charge >= 0.3 is 0 Å². The standard InChI is InChI=1S/C6H8N4/c1-5-2-3-7-6-8-4-9-10(5)6/h2-5H,1H3,(H,7,8,9). The van der Waals surface area contributed by atoms with Crippen molar-refractivity contribution in [2.24, 2.45) is 0 Å². The average Bonchev–Trinajstić information content (AvgIpc) is 2.36. The van der Waals surface area contributed by atoms with E-state index in [1.807, 2.05) is 17.0 Å². The van der Waals surface area contributed by atoms with Crippen molar-refractivity contribution in [1.29, 1.82) is 0 Å². The molecule has 4 nitrogen and oxygen atoms in total. The van der Waals surface area contributed by atoms with E-state index in [1.54, 1.807) is 6.33 Å². The predicted octanol–water partition coefficient (Wildman–Crippen LogP) is 0.778. The molecule has 0 aromatic carbocycles. The van der Waals surface area contributed by atoms with Gasteiger partial charge in [0.25, 0.3) is 0 Å². The van der Waals surface area contributed by atoms with Crippen LogP contribution in [0.4, 0.5) is 5.95 Å². The van der Waals surface area contributed by atoms with Crippen LogP contribution in [0.25, 0.3) is 0 Å². The third kappa shape index (κ3) is 0.618. The molecule has 0 bridgehead atoms. The molecule has 4 heteroatoms. The van der Waals surface area contributed by atoms with E-state index in [-0.39, 0.29) is 0 Å². The summed E-state index contributed by atoms with van der Waals surface area (Å²) in [5, 5.41) is 7.01. The van der Waals surface area contributed by atoms with E-state index in [4.69, 9.17) is 0 Å². The Bertz CT molecular complexity index is 262. The molecule has 52 valence electrons. The summed E-state index contributed by atoms with van der Waals surface area (Å²) in [6, 6.07) is 0.318. The van der Waals surface area contributed by atoms with Crippen LogP contribution in [0.2, 0.25) is 0 Å². The number of allylic oxidation sites excluding steroid dienone is 1. The first-order valence-electron chi connectivity index (χ1n) is 3.20. The van der Waals surface area contributed by atoms with Crippen molar-refractivity contribution in [3.05, 3.63) is 18.6 Å².